The van der Waals surface area contributed by atoms with Crippen LogP contribution in [0.5, 0.6) is 0 Å². The fourth-order valence-electron chi connectivity index (χ4n) is 3.64. The second-order valence-electron chi connectivity index (χ2n) is 8.20. The van der Waals surface area contributed by atoms with Crippen molar-refractivity contribution in [3.8, 4) is 22.4 Å². The largest absolute Gasteiger partial charge is 0.418 e. The van der Waals surface area contributed by atoms with Crippen LogP contribution in [0.2, 0.25) is 0 Å². The minimum absolute atomic E-state index is 0.238. The Labute approximate surface area is 215 Å². The quantitative estimate of drug-likeness (QED) is 0.340. The van der Waals surface area contributed by atoms with Crippen molar-refractivity contribution in [1.29, 1.82) is 0 Å². The van der Waals surface area contributed by atoms with Gasteiger partial charge >= 0.3 is 6.18 Å². The van der Waals surface area contributed by atoms with E-state index in [-0.39, 0.29) is 11.6 Å². The van der Waals surface area contributed by atoms with Crippen molar-refractivity contribution >= 4 is 23.3 Å². The number of alkyl halides is 3. The number of carbonyl (C=O) groups is 2. The molecule has 3 N–H and O–H groups in total. The van der Waals surface area contributed by atoms with E-state index in [0.29, 0.717) is 35.0 Å². The Balaban J connectivity index is 1.69. The van der Waals surface area contributed by atoms with Gasteiger partial charge < -0.3 is 16.0 Å². The number of carbonyl (C=O) groups excluding carboxylic acids is 2. The lowest BCUT2D eigenvalue weighted by atomic mass is 9.98. The lowest BCUT2D eigenvalue weighted by Gasteiger charge is -2.14. The molecule has 0 fully saturated rings. The second kappa shape index (κ2) is 10.6. The van der Waals surface area contributed by atoms with Gasteiger partial charge in [-0.3, -0.25) is 14.6 Å². The maximum atomic E-state index is 13.0. The first kappa shape index (κ1) is 26.2. The highest BCUT2D eigenvalue weighted by molar-refractivity contribution is 6.03. The van der Waals surface area contributed by atoms with Gasteiger partial charge in [-0.15, -0.1) is 5.10 Å². The molecule has 0 spiro atoms. The molecule has 38 heavy (non-hydrogen) atoms. The molecule has 0 saturated carbocycles. The van der Waals surface area contributed by atoms with E-state index in [9.17, 15) is 22.8 Å². The summed E-state index contributed by atoms with van der Waals surface area (Å²) in [6.07, 6.45) is -2.57. The van der Waals surface area contributed by atoms with Gasteiger partial charge in [0.1, 0.15) is 11.5 Å². The zero-order chi connectivity index (χ0) is 27.4. The number of rotatable bonds is 6. The van der Waals surface area contributed by atoms with Crippen molar-refractivity contribution in [3.05, 3.63) is 83.4 Å². The van der Waals surface area contributed by atoms with Crippen LogP contribution in [0.4, 0.5) is 24.7 Å². The van der Waals surface area contributed by atoms with Crippen molar-refractivity contribution < 1.29 is 22.8 Å². The van der Waals surface area contributed by atoms with Crippen LogP contribution in [0.15, 0.2) is 60.9 Å². The number of benzene rings is 1. The number of pyridine rings is 2. The molecule has 1 aromatic carbocycles. The zero-order valence-electron chi connectivity index (χ0n) is 20.5. The number of hydrogen-bond acceptors (Lipinski definition) is 7. The predicted octanol–water partition coefficient (Wildman–Crippen LogP) is 4.58. The summed E-state index contributed by atoms with van der Waals surface area (Å²) in [6, 6.07) is 12.8. The zero-order valence-corrected chi connectivity index (χ0v) is 20.5. The highest BCUT2D eigenvalue weighted by Gasteiger charge is 2.32. The van der Waals surface area contributed by atoms with Gasteiger partial charge in [0, 0.05) is 31.5 Å². The lowest BCUT2D eigenvalue weighted by molar-refractivity contribution is -0.137. The molecule has 0 bridgehead atoms. The number of hydrogen-bond donors (Lipinski definition) is 3. The van der Waals surface area contributed by atoms with Gasteiger partial charge in [-0.05, 0) is 66.1 Å². The first-order valence-electron chi connectivity index (χ1n) is 11.3. The molecule has 2 amide bonds. The average molecular weight is 522 g/mol. The summed E-state index contributed by atoms with van der Waals surface area (Å²) < 4.78 is 39.0. The van der Waals surface area contributed by atoms with Gasteiger partial charge in [-0.1, -0.05) is 6.07 Å². The van der Waals surface area contributed by atoms with Crippen molar-refractivity contribution in [2.24, 2.45) is 0 Å². The van der Waals surface area contributed by atoms with E-state index in [4.69, 9.17) is 0 Å². The van der Waals surface area contributed by atoms with E-state index in [2.05, 4.69) is 36.1 Å². The second-order valence-corrected chi connectivity index (χ2v) is 8.20. The first-order chi connectivity index (χ1) is 18.1. The van der Waals surface area contributed by atoms with Gasteiger partial charge in [0.05, 0.1) is 17.5 Å². The Kier molecular flexibility index (Phi) is 7.33. The van der Waals surface area contributed by atoms with Crippen molar-refractivity contribution in [2.45, 2.75) is 13.1 Å². The molecule has 0 aliphatic heterocycles. The summed E-state index contributed by atoms with van der Waals surface area (Å²) in [5.74, 6) is -0.603. The molecular formula is C26H22F3N7O2. The summed E-state index contributed by atoms with van der Waals surface area (Å²) in [7, 11) is 3.24. The number of nitrogens with one attached hydrogen (secondary N) is 3. The van der Waals surface area contributed by atoms with E-state index >= 15 is 0 Å². The molecular weight excluding hydrogens is 499 g/mol. The summed E-state index contributed by atoms with van der Waals surface area (Å²) in [5, 5.41) is 15.0. The molecule has 0 aliphatic rings. The number of halogens is 3. The van der Waals surface area contributed by atoms with Crippen molar-refractivity contribution in [2.75, 3.05) is 24.7 Å². The Bertz CT molecular complexity index is 1520. The molecule has 4 aromatic rings. The third-order valence-electron chi connectivity index (χ3n) is 5.62. The highest BCUT2D eigenvalue weighted by atomic mass is 19.4. The van der Waals surface area contributed by atoms with Crippen molar-refractivity contribution in [1.82, 2.24) is 25.5 Å². The maximum absolute atomic E-state index is 13.0. The molecule has 9 nitrogen and oxygen atoms in total. The van der Waals surface area contributed by atoms with E-state index in [1.165, 1.54) is 13.2 Å². The average Bonchev–Trinajstić information content (AvgIpc) is 2.93. The minimum Gasteiger partial charge on any atom is -0.373 e. The fourth-order valence-corrected chi connectivity index (χ4v) is 3.64. The molecule has 4 rings (SSSR count). The van der Waals surface area contributed by atoms with Gasteiger partial charge in [-0.25, -0.2) is 4.98 Å². The Morgan fingerprint density at radius 3 is 2.39 bits per heavy atom. The van der Waals surface area contributed by atoms with Crippen LogP contribution in [-0.4, -0.2) is 46.1 Å². The van der Waals surface area contributed by atoms with Gasteiger partial charge in [0.2, 0.25) is 0 Å². The van der Waals surface area contributed by atoms with Gasteiger partial charge in [0.25, 0.3) is 11.8 Å². The lowest BCUT2D eigenvalue weighted by Crippen LogP contribution is -2.19. The van der Waals surface area contributed by atoms with Crippen LogP contribution in [-0.2, 0) is 6.18 Å². The summed E-state index contributed by atoms with van der Waals surface area (Å²) in [4.78, 5) is 33.4. The topological polar surface area (TPSA) is 122 Å². The maximum Gasteiger partial charge on any atom is 0.418 e. The number of aryl methyl sites for hydroxylation is 1. The van der Waals surface area contributed by atoms with E-state index < -0.39 is 23.3 Å². The highest BCUT2D eigenvalue weighted by Crippen LogP contribution is 2.32. The van der Waals surface area contributed by atoms with E-state index in [1.54, 1.807) is 37.4 Å². The summed E-state index contributed by atoms with van der Waals surface area (Å²) in [6.45, 7) is 1.88. The molecule has 0 atom stereocenters. The predicted molar refractivity (Wildman–Crippen MR) is 136 cm³/mol. The van der Waals surface area contributed by atoms with Crippen LogP contribution in [0.1, 0.15) is 32.1 Å². The molecule has 0 radical (unpaired) electrons. The van der Waals surface area contributed by atoms with E-state index in [1.807, 2.05) is 19.1 Å². The Hall–Kier alpha value is -4.87. The van der Waals surface area contributed by atoms with Crippen molar-refractivity contribution in [3.63, 3.8) is 0 Å². The van der Waals surface area contributed by atoms with Gasteiger partial charge in [-0.2, -0.15) is 18.3 Å². The third kappa shape index (κ3) is 5.75. The Morgan fingerprint density at radius 1 is 0.895 bits per heavy atom. The van der Waals surface area contributed by atoms with Crippen LogP contribution in [0.3, 0.4) is 0 Å². The number of nitrogens with zero attached hydrogens (tertiary/aromatic N) is 4. The smallest absolute Gasteiger partial charge is 0.373 e. The van der Waals surface area contributed by atoms with Crippen LogP contribution < -0.4 is 16.0 Å². The number of aromatic nitrogens is 4. The molecule has 3 heterocycles. The molecule has 0 aliphatic carbocycles. The fraction of sp³-hybridized carbons (Fsp3) is 0.154. The van der Waals surface area contributed by atoms with Crippen LogP contribution in [0.25, 0.3) is 22.4 Å². The standard InChI is InChI=1S/C26H22F3N7O2/c1-14-4-5-18(34-25(38)22-11-17(13-33-36-22)26(27,28)29)12-19(14)16-9-20(35-23(10-16)30-2)15-6-7-32-21(8-15)24(37)31-3/h4-13H,1-3H3,(H,30,35)(H,31,37)(H,34,38). The molecule has 0 saturated heterocycles. The third-order valence-corrected chi connectivity index (χ3v) is 5.62. The number of amides is 2. The van der Waals surface area contributed by atoms with Crippen LogP contribution >= 0.6 is 0 Å². The van der Waals surface area contributed by atoms with E-state index in [0.717, 1.165) is 16.7 Å². The SMILES string of the molecule is CNC(=O)c1cc(-c2cc(-c3cc(NC(=O)c4cc(C(F)(F)F)cnn4)ccc3C)cc(NC)n2)ccn1. The van der Waals surface area contributed by atoms with Crippen LogP contribution in [0, 0.1) is 6.92 Å². The molecule has 0 unspecified atom stereocenters. The number of anilines is 2. The summed E-state index contributed by atoms with van der Waals surface area (Å²) >= 11 is 0. The minimum atomic E-state index is -4.65. The first-order valence-corrected chi connectivity index (χ1v) is 11.3. The van der Waals surface area contributed by atoms with Gasteiger partial charge in [0.15, 0.2) is 5.69 Å². The molecule has 194 valence electrons. The molecule has 12 heteroatoms. The Morgan fingerprint density at radius 2 is 1.68 bits per heavy atom. The normalized spacial score (nSPS) is 11.1. The monoisotopic (exact) mass is 521 g/mol. The summed E-state index contributed by atoms with van der Waals surface area (Å²) in [5.41, 5.74) is 2.68. The molecule has 3 aromatic heterocycles.